The predicted octanol–water partition coefficient (Wildman–Crippen LogP) is 3.45. The summed E-state index contributed by atoms with van der Waals surface area (Å²) in [6, 6.07) is 20.7. The molecule has 0 bridgehead atoms. The average Bonchev–Trinajstić information content (AvgIpc) is 2.94. The Labute approximate surface area is 224 Å². The maximum absolute atomic E-state index is 13.8. The summed E-state index contributed by atoms with van der Waals surface area (Å²) in [6.45, 7) is 3.47. The zero-order chi connectivity index (χ0) is 27.7. The van der Waals surface area contributed by atoms with Gasteiger partial charge in [0.05, 0.1) is 24.3 Å². The van der Waals surface area contributed by atoms with Gasteiger partial charge in [-0.15, -0.1) is 0 Å². The summed E-state index contributed by atoms with van der Waals surface area (Å²) in [5.41, 5.74) is 1.02. The Bertz CT molecular complexity index is 1330. The lowest BCUT2D eigenvalue weighted by molar-refractivity contribution is -0.139. The number of ether oxygens (including phenoxy) is 2. The van der Waals surface area contributed by atoms with E-state index in [1.165, 1.54) is 24.1 Å². The highest BCUT2D eigenvalue weighted by Gasteiger charge is 2.32. The SMILES string of the molecule is CCOc1ccc(N(CC(=O)N(Cc2cccc(OC)c2)[C@@H](C)C(=O)NC)S(=O)(=O)c2ccccc2)cc1. The van der Waals surface area contributed by atoms with Gasteiger partial charge >= 0.3 is 0 Å². The normalized spacial score (nSPS) is 11.8. The van der Waals surface area contributed by atoms with Crippen LogP contribution in [0.5, 0.6) is 11.5 Å². The maximum Gasteiger partial charge on any atom is 0.264 e. The van der Waals surface area contributed by atoms with Crippen LogP contribution >= 0.6 is 0 Å². The van der Waals surface area contributed by atoms with Gasteiger partial charge in [-0.2, -0.15) is 0 Å². The van der Waals surface area contributed by atoms with E-state index < -0.39 is 28.5 Å². The van der Waals surface area contributed by atoms with Crippen molar-refractivity contribution in [2.45, 2.75) is 31.3 Å². The van der Waals surface area contributed by atoms with E-state index in [2.05, 4.69) is 5.32 Å². The lowest BCUT2D eigenvalue weighted by Crippen LogP contribution is -2.50. The maximum atomic E-state index is 13.8. The number of benzene rings is 3. The van der Waals surface area contributed by atoms with Gasteiger partial charge in [-0.25, -0.2) is 8.42 Å². The minimum atomic E-state index is -4.12. The van der Waals surface area contributed by atoms with Crippen LogP contribution in [0.25, 0.3) is 0 Å². The molecule has 3 aromatic carbocycles. The molecule has 0 unspecified atom stereocenters. The minimum Gasteiger partial charge on any atom is -0.497 e. The Balaban J connectivity index is 2.02. The van der Waals surface area contributed by atoms with Crippen molar-refractivity contribution in [1.29, 1.82) is 0 Å². The van der Waals surface area contributed by atoms with Gasteiger partial charge in [0.15, 0.2) is 0 Å². The number of nitrogens with zero attached hydrogens (tertiary/aromatic N) is 2. The number of hydrogen-bond acceptors (Lipinski definition) is 6. The van der Waals surface area contributed by atoms with E-state index in [9.17, 15) is 18.0 Å². The Morgan fingerprint density at radius 1 is 0.947 bits per heavy atom. The van der Waals surface area contributed by atoms with Crippen molar-refractivity contribution in [2.75, 3.05) is 31.6 Å². The molecule has 0 radical (unpaired) electrons. The molecule has 2 amide bonds. The van der Waals surface area contributed by atoms with Gasteiger partial charge in [0, 0.05) is 13.6 Å². The fraction of sp³-hybridized carbons (Fsp3) is 0.286. The van der Waals surface area contributed by atoms with Gasteiger partial charge in [0.2, 0.25) is 11.8 Å². The molecule has 0 aromatic heterocycles. The highest BCUT2D eigenvalue weighted by molar-refractivity contribution is 7.92. The molecule has 202 valence electrons. The number of hydrogen-bond donors (Lipinski definition) is 1. The summed E-state index contributed by atoms with van der Waals surface area (Å²) >= 11 is 0. The van der Waals surface area contributed by atoms with E-state index in [0.29, 0.717) is 23.8 Å². The number of nitrogens with one attached hydrogen (secondary N) is 1. The second kappa shape index (κ2) is 13.0. The van der Waals surface area contributed by atoms with Gasteiger partial charge in [-0.3, -0.25) is 13.9 Å². The summed E-state index contributed by atoms with van der Waals surface area (Å²) in [6.07, 6.45) is 0. The van der Waals surface area contributed by atoms with Gasteiger partial charge in [0.1, 0.15) is 24.1 Å². The highest BCUT2D eigenvalue weighted by atomic mass is 32.2. The zero-order valence-electron chi connectivity index (χ0n) is 22.0. The first-order chi connectivity index (χ1) is 18.2. The van der Waals surface area contributed by atoms with Crippen molar-refractivity contribution in [2.24, 2.45) is 0 Å². The topological polar surface area (TPSA) is 105 Å². The number of carbonyl (C=O) groups excluding carboxylic acids is 2. The molecule has 0 saturated carbocycles. The molecular formula is C28H33N3O6S. The molecule has 0 aliphatic rings. The number of carbonyl (C=O) groups is 2. The molecule has 38 heavy (non-hydrogen) atoms. The molecule has 3 rings (SSSR count). The van der Waals surface area contributed by atoms with E-state index in [-0.39, 0.29) is 17.3 Å². The molecule has 0 aliphatic heterocycles. The third kappa shape index (κ3) is 6.83. The van der Waals surface area contributed by atoms with Gasteiger partial charge in [-0.05, 0) is 67.9 Å². The fourth-order valence-electron chi connectivity index (χ4n) is 3.88. The number of likely N-dealkylation sites (N-methyl/N-ethyl adjacent to an activating group) is 1. The molecule has 1 atom stereocenters. The van der Waals surface area contributed by atoms with E-state index in [1.54, 1.807) is 74.7 Å². The van der Waals surface area contributed by atoms with Gasteiger partial charge in [0.25, 0.3) is 10.0 Å². The zero-order valence-corrected chi connectivity index (χ0v) is 22.8. The molecular weight excluding hydrogens is 506 g/mol. The van der Waals surface area contributed by atoms with Crippen molar-refractivity contribution in [3.05, 3.63) is 84.4 Å². The minimum absolute atomic E-state index is 0.0420. The largest absolute Gasteiger partial charge is 0.497 e. The predicted molar refractivity (Wildman–Crippen MR) is 146 cm³/mol. The summed E-state index contributed by atoms with van der Waals surface area (Å²) in [5, 5.41) is 2.56. The Morgan fingerprint density at radius 3 is 2.24 bits per heavy atom. The summed E-state index contributed by atoms with van der Waals surface area (Å²) in [7, 11) is -1.09. The van der Waals surface area contributed by atoms with Crippen LogP contribution in [0.3, 0.4) is 0 Å². The fourth-order valence-corrected chi connectivity index (χ4v) is 5.32. The molecule has 0 aliphatic carbocycles. The third-order valence-corrected chi connectivity index (χ3v) is 7.73. The van der Waals surface area contributed by atoms with E-state index in [0.717, 1.165) is 9.87 Å². The number of methoxy groups -OCH3 is 1. The van der Waals surface area contributed by atoms with Crippen LogP contribution < -0.4 is 19.1 Å². The Hall–Kier alpha value is -4.05. The second-order valence-electron chi connectivity index (χ2n) is 8.42. The van der Waals surface area contributed by atoms with E-state index >= 15 is 0 Å². The molecule has 10 heteroatoms. The highest BCUT2D eigenvalue weighted by Crippen LogP contribution is 2.27. The van der Waals surface area contributed by atoms with E-state index in [1.807, 2.05) is 13.0 Å². The van der Waals surface area contributed by atoms with Crippen molar-refractivity contribution in [1.82, 2.24) is 10.2 Å². The second-order valence-corrected chi connectivity index (χ2v) is 10.3. The Kier molecular flexibility index (Phi) is 9.72. The van der Waals surface area contributed by atoms with Gasteiger partial charge in [-0.1, -0.05) is 30.3 Å². The van der Waals surface area contributed by atoms with Crippen LogP contribution in [0.4, 0.5) is 5.69 Å². The summed E-state index contributed by atoms with van der Waals surface area (Å²) in [5.74, 6) is 0.259. The first-order valence-electron chi connectivity index (χ1n) is 12.2. The number of rotatable bonds is 12. The van der Waals surface area contributed by atoms with E-state index in [4.69, 9.17) is 9.47 Å². The molecule has 0 heterocycles. The van der Waals surface area contributed by atoms with Crippen LogP contribution in [0.15, 0.2) is 83.8 Å². The molecule has 0 fully saturated rings. The first kappa shape index (κ1) is 28.5. The molecule has 0 saturated heterocycles. The van der Waals surface area contributed by atoms with Crippen molar-refractivity contribution in [3.8, 4) is 11.5 Å². The quantitative estimate of drug-likeness (QED) is 0.378. The number of amides is 2. The van der Waals surface area contributed by atoms with Gasteiger partial charge < -0.3 is 19.7 Å². The number of sulfonamides is 1. The van der Waals surface area contributed by atoms with Crippen molar-refractivity contribution in [3.63, 3.8) is 0 Å². The molecule has 1 N–H and O–H groups in total. The van der Waals surface area contributed by atoms with Crippen LogP contribution in [-0.4, -0.2) is 58.5 Å². The van der Waals surface area contributed by atoms with Crippen LogP contribution in [-0.2, 0) is 26.2 Å². The van der Waals surface area contributed by atoms with Crippen molar-refractivity contribution < 1.29 is 27.5 Å². The standard InChI is InChI=1S/C28H33N3O6S/c1-5-37-24-16-14-23(15-17-24)31(38(34,35)26-12-7-6-8-13-26)20-27(32)30(21(2)28(33)29-3)19-22-10-9-11-25(18-22)36-4/h6-18,21H,5,19-20H2,1-4H3,(H,29,33)/t21-/m0/s1. The Morgan fingerprint density at radius 2 is 1.63 bits per heavy atom. The van der Waals surface area contributed by atoms with Crippen LogP contribution in [0.1, 0.15) is 19.4 Å². The number of anilines is 1. The summed E-state index contributed by atoms with van der Waals surface area (Å²) in [4.78, 5) is 27.7. The lowest BCUT2D eigenvalue weighted by atomic mass is 10.1. The lowest BCUT2D eigenvalue weighted by Gasteiger charge is -2.31. The molecule has 0 spiro atoms. The monoisotopic (exact) mass is 539 g/mol. The third-order valence-electron chi connectivity index (χ3n) is 5.95. The smallest absolute Gasteiger partial charge is 0.264 e. The van der Waals surface area contributed by atoms with Crippen LogP contribution in [0.2, 0.25) is 0 Å². The average molecular weight is 540 g/mol. The van der Waals surface area contributed by atoms with Crippen molar-refractivity contribution >= 4 is 27.5 Å². The first-order valence-corrected chi connectivity index (χ1v) is 13.6. The summed E-state index contributed by atoms with van der Waals surface area (Å²) < 4.78 is 39.3. The molecule has 3 aromatic rings. The van der Waals surface area contributed by atoms with Crippen LogP contribution in [0, 0.1) is 0 Å². The molecule has 9 nitrogen and oxygen atoms in total.